The first-order valence-electron chi connectivity index (χ1n) is 5.72. The third kappa shape index (κ3) is 3.03. The van der Waals surface area contributed by atoms with Crippen molar-refractivity contribution in [3.8, 4) is 5.75 Å². The molecule has 0 aliphatic rings. The second-order valence-electron chi connectivity index (χ2n) is 4.30. The van der Waals surface area contributed by atoms with Crippen LogP contribution in [0.3, 0.4) is 0 Å². The molecule has 2 aromatic rings. The smallest absolute Gasteiger partial charge is 0.141 e. The molecule has 1 aromatic carbocycles. The summed E-state index contributed by atoms with van der Waals surface area (Å²) in [6.07, 6.45) is 3.43. The molecule has 1 aromatic heterocycles. The molecule has 2 rings (SSSR count). The molecule has 0 aliphatic heterocycles. The molecular formula is C13H16ClN3O. The first kappa shape index (κ1) is 12.9. The molecule has 2 atom stereocenters. The standard InChI is InChI=1S/C13H16ClN3O/c1-9(15)13(10-7-16-17(2)8-10)18-12-5-3-4-11(14)6-12/h3-9,13H,15H2,1-2H3. The predicted octanol–water partition coefficient (Wildman–Crippen LogP) is 2.54. The number of ether oxygens (including phenoxy) is 1. The molecule has 0 saturated carbocycles. The van der Waals surface area contributed by atoms with Gasteiger partial charge in [0.25, 0.3) is 0 Å². The summed E-state index contributed by atoms with van der Waals surface area (Å²) in [6.45, 7) is 1.90. The van der Waals surface area contributed by atoms with Crippen LogP contribution in [0.25, 0.3) is 0 Å². The third-order valence-corrected chi connectivity index (χ3v) is 2.83. The summed E-state index contributed by atoms with van der Waals surface area (Å²) in [6, 6.07) is 7.14. The van der Waals surface area contributed by atoms with Crippen LogP contribution in [-0.4, -0.2) is 15.8 Å². The van der Waals surface area contributed by atoms with E-state index in [4.69, 9.17) is 22.1 Å². The highest BCUT2D eigenvalue weighted by molar-refractivity contribution is 6.30. The highest BCUT2D eigenvalue weighted by Gasteiger charge is 2.19. The van der Waals surface area contributed by atoms with Crippen LogP contribution >= 0.6 is 11.6 Å². The number of aryl methyl sites for hydroxylation is 1. The molecule has 0 radical (unpaired) electrons. The molecule has 2 unspecified atom stereocenters. The van der Waals surface area contributed by atoms with E-state index in [1.165, 1.54) is 0 Å². The second-order valence-corrected chi connectivity index (χ2v) is 4.74. The monoisotopic (exact) mass is 265 g/mol. The van der Waals surface area contributed by atoms with E-state index in [1.54, 1.807) is 23.0 Å². The molecule has 18 heavy (non-hydrogen) atoms. The van der Waals surface area contributed by atoms with Crippen LogP contribution in [0.15, 0.2) is 36.7 Å². The molecule has 0 bridgehead atoms. The lowest BCUT2D eigenvalue weighted by Crippen LogP contribution is -2.28. The zero-order valence-electron chi connectivity index (χ0n) is 10.4. The van der Waals surface area contributed by atoms with Gasteiger partial charge < -0.3 is 10.5 Å². The Bertz CT molecular complexity index is 524. The molecule has 5 heteroatoms. The molecule has 0 spiro atoms. The average Bonchev–Trinajstić information content (AvgIpc) is 2.72. The zero-order chi connectivity index (χ0) is 13.1. The van der Waals surface area contributed by atoms with Gasteiger partial charge in [-0.3, -0.25) is 4.68 Å². The van der Waals surface area contributed by atoms with E-state index in [0.717, 1.165) is 5.56 Å². The van der Waals surface area contributed by atoms with Gasteiger partial charge in [0, 0.05) is 29.9 Å². The van der Waals surface area contributed by atoms with Gasteiger partial charge in [-0.15, -0.1) is 0 Å². The van der Waals surface area contributed by atoms with Gasteiger partial charge in [0.2, 0.25) is 0 Å². The van der Waals surface area contributed by atoms with Crippen molar-refractivity contribution in [1.82, 2.24) is 9.78 Å². The summed E-state index contributed by atoms with van der Waals surface area (Å²) in [7, 11) is 1.86. The van der Waals surface area contributed by atoms with Crippen molar-refractivity contribution in [2.24, 2.45) is 12.8 Å². The molecule has 0 aliphatic carbocycles. The van der Waals surface area contributed by atoms with Crippen molar-refractivity contribution in [2.75, 3.05) is 0 Å². The summed E-state index contributed by atoms with van der Waals surface area (Å²) < 4.78 is 7.62. The first-order chi connectivity index (χ1) is 8.56. The zero-order valence-corrected chi connectivity index (χ0v) is 11.1. The quantitative estimate of drug-likeness (QED) is 0.924. The second kappa shape index (κ2) is 5.42. The normalized spacial score (nSPS) is 14.2. The lowest BCUT2D eigenvalue weighted by molar-refractivity contribution is 0.180. The van der Waals surface area contributed by atoms with Crippen LogP contribution in [0.5, 0.6) is 5.75 Å². The number of nitrogens with zero attached hydrogens (tertiary/aromatic N) is 2. The number of hydrogen-bond donors (Lipinski definition) is 1. The SMILES string of the molecule is CC(N)C(Oc1cccc(Cl)c1)c1cnn(C)c1. The number of aromatic nitrogens is 2. The molecule has 0 saturated heterocycles. The largest absolute Gasteiger partial charge is 0.484 e. The highest BCUT2D eigenvalue weighted by atomic mass is 35.5. The van der Waals surface area contributed by atoms with E-state index in [-0.39, 0.29) is 12.1 Å². The molecule has 1 heterocycles. The Morgan fingerprint density at radius 1 is 1.44 bits per heavy atom. The van der Waals surface area contributed by atoms with Gasteiger partial charge in [-0.1, -0.05) is 17.7 Å². The van der Waals surface area contributed by atoms with Crippen molar-refractivity contribution in [1.29, 1.82) is 0 Å². The Kier molecular flexibility index (Phi) is 3.89. The Morgan fingerprint density at radius 3 is 2.78 bits per heavy atom. The maximum atomic E-state index is 5.97. The Balaban J connectivity index is 2.22. The van der Waals surface area contributed by atoms with Crippen LogP contribution in [0.4, 0.5) is 0 Å². The van der Waals surface area contributed by atoms with E-state index >= 15 is 0 Å². The van der Waals surface area contributed by atoms with Gasteiger partial charge in [-0.25, -0.2) is 0 Å². The minimum atomic E-state index is -0.239. The highest BCUT2D eigenvalue weighted by Crippen LogP contribution is 2.25. The number of halogens is 1. The van der Waals surface area contributed by atoms with Gasteiger partial charge in [0.15, 0.2) is 0 Å². The van der Waals surface area contributed by atoms with Crippen LogP contribution in [0.2, 0.25) is 5.02 Å². The third-order valence-electron chi connectivity index (χ3n) is 2.59. The summed E-state index contributed by atoms with van der Waals surface area (Å²) >= 11 is 5.93. The van der Waals surface area contributed by atoms with Crippen molar-refractivity contribution >= 4 is 11.6 Å². The predicted molar refractivity (Wildman–Crippen MR) is 71.7 cm³/mol. The molecule has 0 fully saturated rings. The topological polar surface area (TPSA) is 53.1 Å². The first-order valence-corrected chi connectivity index (χ1v) is 6.10. The Morgan fingerprint density at radius 2 is 2.22 bits per heavy atom. The number of benzene rings is 1. The van der Waals surface area contributed by atoms with Crippen molar-refractivity contribution in [2.45, 2.75) is 19.1 Å². The van der Waals surface area contributed by atoms with E-state index < -0.39 is 0 Å². The minimum absolute atomic E-state index is 0.145. The van der Waals surface area contributed by atoms with E-state index in [9.17, 15) is 0 Å². The number of nitrogens with two attached hydrogens (primary N) is 1. The van der Waals surface area contributed by atoms with E-state index in [2.05, 4.69) is 5.10 Å². The fraction of sp³-hybridized carbons (Fsp3) is 0.308. The van der Waals surface area contributed by atoms with Crippen LogP contribution < -0.4 is 10.5 Å². The van der Waals surface area contributed by atoms with Crippen molar-refractivity contribution in [3.63, 3.8) is 0 Å². The average molecular weight is 266 g/mol. The van der Waals surface area contributed by atoms with Crippen molar-refractivity contribution in [3.05, 3.63) is 47.2 Å². The fourth-order valence-corrected chi connectivity index (χ4v) is 1.93. The van der Waals surface area contributed by atoms with Crippen LogP contribution in [-0.2, 0) is 7.05 Å². The molecule has 96 valence electrons. The van der Waals surface area contributed by atoms with Crippen LogP contribution in [0, 0.1) is 0 Å². The lowest BCUT2D eigenvalue weighted by atomic mass is 10.1. The maximum Gasteiger partial charge on any atom is 0.141 e. The summed E-state index contributed by atoms with van der Waals surface area (Å²) in [5.41, 5.74) is 6.92. The fourth-order valence-electron chi connectivity index (χ4n) is 1.75. The van der Waals surface area contributed by atoms with Gasteiger partial charge in [-0.05, 0) is 25.1 Å². The molecule has 4 nitrogen and oxygen atoms in total. The maximum absolute atomic E-state index is 5.97. The number of rotatable bonds is 4. The van der Waals surface area contributed by atoms with Crippen LogP contribution in [0.1, 0.15) is 18.6 Å². The van der Waals surface area contributed by atoms with Gasteiger partial charge >= 0.3 is 0 Å². The summed E-state index contributed by atoms with van der Waals surface area (Å²) in [5, 5.41) is 4.77. The molecular weight excluding hydrogens is 250 g/mol. The summed E-state index contributed by atoms with van der Waals surface area (Å²) in [4.78, 5) is 0. The van der Waals surface area contributed by atoms with Gasteiger partial charge in [0.1, 0.15) is 11.9 Å². The summed E-state index contributed by atoms with van der Waals surface area (Å²) in [5.74, 6) is 0.702. The van der Waals surface area contributed by atoms with E-state index in [1.807, 2.05) is 32.3 Å². The Labute approximate surface area is 111 Å². The van der Waals surface area contributed by atoms with Gasteiger partial charge in [-0.2, -0.15) is 5.10 Å². The lowest BCUT2D eigenvalue weighted by Gasteiger charge is -2.21. The van der Waals surface area contributed by atoms with Crippen molar-refractivity contribution < 1.29 is 4.74 Å². The van der Waals surface area contributed by atoms with Gasteiger partial charge in [0.05, 0.1) is 6.20 Å². The molecule has 0 amide bonds. The minimum Gasteiger partial charge on any atom is -0.484 e. The number of hydrogen-bond acceptors (Lipinski definition) is 3. The Hall–Kier alpha value is -1.52. The van der Waals surface area contributed by atoms with E-state index in [0.29, 0.717) is 10.8 Å². The molecule has 2 N–H and O–H groups in total.